The van der Waals surface area contributed by atoms with E-state index in [2.05, 4.69) is 25.6 Å². The smallest absolute Gasteiger partial charge is 0.212 e. The Morgan fingerprint density at radius 2 is 2.11 bits per heavy atom. The number of H-pyrrole nitrogens is 1. The van der Waals surface area contributed by atoms with Crippen LogP contribution in [0, 0.1) is 5.82 Å². The van der Waals surface area contributed by atoms with Crippen molar-refractivity contribution in [2.24, 2.45) is 4.99 Å². The number of halogens is 2. The molecule has 0 amide bonds. The van der Waals surface area contributed by atoms with Crippen LogP contribution in [0.5, 0.6) is 5.88 Å². The fourth-order valence-electron chi connectivity index (χ4n) is 2.81. The third-order valence-corrected chi connectivity index (χ3v) is 4.19. The molecular formula is C20H25FIN5O. The maximum atomic E-state index is 13.5. The van der Waals surface area contributed by atoms with Gasteiger partial charge in [-0.05, 0) is 42.7 Å². The van der Waals surface area contributed by atoms with Crippen molar-refractivity contribution in [3.8, 4) is 5.88 Å². The van der Waals surface area contributed by atoms with Crippen LogP contribution in [-0.4, -0.2) is 36.1 Å². The van der Waals surface area contributed by atoms with E-state index >= 15 is 0 Å². The molecule has 0 bridgehead atoms. The second-order valence-corrected chi connectivity index (χ2v) is 6.08. The average molecular weight is 497 g/mol. The molecular weight excluding hydrogens is 472 g/mol. The lowest BCUT2D eigenvalue weighted by Gasteiger charge is -2.11. The van der Waals surface area contributed by atoms with E-state index in [-0.39, 0.29) is 29.8 Å². The topological polar surface area (TPSA) is 74.3 Å². The molecule has 1 aromatic carbocycles. The Morgan fingerprint density at radius 3 is 2.82 bits per heavy atom. The van der Waals surface area contributed by atoms with Gasteiger partial charge in [0.15, 0.2) is 5.96 Å². The van der Waals surface area contributed by atoms with Crippen molar-refractivity contribution < 1.29 is 9.13 Å². The molecule has 6 nitrogen and oxygen atoms in total. The number of hydrogen-bond donors (Lipinski definition) is 3. The van der Waals surface area contributed by atoms with Gasteiger partial charge < -0.3 is 20.4 Å². The molecule has 0 aliphatic carbocycles. The summed E-state index contributed by atoms with van der Waals surface area (Å²) >= 11 is 0. The minimum Gasteiger partial charge on any atom is -0.481 e. The van der Waals surface area contributed by atoms with Gasteiger partial charge in [0.1, 0.15) is 5.82 Å². The summed E-state index contributed by atoms with van der Waals surface area (Å²) in [6.45, 7) is 4.00. The highest BCUT2D eigenvalue weighted by molar-refractivity contribution is 14.0. The molecule has 3 rings (SSSR count). The van der Waals surface area contributed by atoms with Gasteiger partial charge in [-0.15, -0.1) is 24.0 Å². The predicted molar refractivity (Wildman–Crippen MR) is 121 cm³/mol. The van der Waals surface area contributed by atoms with Gasteiger partial charge in [-0.3, -0.25) is 0 Å². The van der Waals surface area contributed by atoms with Crippen LogP contribution in [-0.2, 0) is 13.0 Å². The highest BCUT2D eigenvalue weighted by atomic mass is 127. The zero-order valence-electron chi connectivity index (χ0n) is 16.0. The van der Waals surface area contributed by atoms with Crippen molar-refractivity contribution in [3.63, 3.8) is 0 Å². The second kappa shape index (κ2) is 10.8. The van der Waals surface area contributed by atoms with Crippen molar-refractivity contribution in [1.82, 2.24) is 20.6 Å². The Morgan fingerprint density at radius 1 is 1.25 bits per heavy atom. The number of ether oxygens (including phenoxy) is 1. The number of fused-ring (bicyclic) bond motifs is 1. The van der Waals surface area contributed by atoms with E-state index in [1.165, 1.54) is 6.07 Å². The zero-order valence-corrected chi connectivity index (χ0v) is 18.3. The molecule has 0 aliphatic heterocycles. The van der Waals surface area contributed by atoms with Crippen LogP contribution in [0.1, 0.15) is 18.1 Å². The van der Waals surface area contributed by atoms with Crippen LogP contribution in [0.3, 0.4) is 0 Å². The first-order valence-corrected chi connectivity index (χ1v) is 8.96. The summed E-state index contributed by atoms with van der Waals surface area (Å²) in [5, 5.41) is 7.46. The third-order valence-electron chi connectivity index (χ3n) is 4.19. The Labute approximate surface area is 181 Å². The number of pyridine rings is 1. The van der Waals surface area contributed by atoms with Crippen LogP contribution in [0.4, 0.5) is 4.39 Å². The highest BCUT2D eigenvalue weighted by Crippen LogP contribution is 2.19. The number of benzene rings is 1. The number of methoxy groups -OCH3 is 1. The molecule has 8 heteroatoms. The lowest BCUT2D eigenvalue weighted by atomic mass is 10.1. The molecule has 0 atom stereocenters. The van der Waals surface area contributed by atoms with Crippen LogP contribution in [0.25, 0.3) is 10.9 Å². The number of aliphatic imine (C=N–C) groups is 1. The lowest BCUT2D eigenvalue weighted by Crippen LogP contribution is -2.38. The SMILES string of the molecule is CCNC(=NCc1ccc(OC)nc1)NCCc1c[nH]c2ccc(F)cc12.I. The van der Waals surface area contributed by atoms with Crippen LogP contribution >= 0.6 is 24.0 Å². The standard InChI is InChI=1S/C20H24FN5O.HI/c1-3-22-20(26-12-14-4-7-19(27-2)25-11-14)23-9-8-15-13-24-18-6-5-16(21)10-17(15)18;/h4-7,10-11,13,24H,3,8-9,12H2,1-2H3,(H2,22,23,26);1H. The summed E-state index contributed by atoms with van der Waals surface area (Å²) in [4.78, 5) is 11.9. The maximum Gasteiger partial charge on any atom is 0.212 e. The minimum atomic E-state index is -0.223. The van der Waals surface area contributed by atoms with E-state index < -0.39 is 0 Å². The number of nitrogens with one attached hydrogen (secondary N) is 3. The number of hydrogen-bond acceptors (Lipinski definition) is 3. The van der Waals surface area contributed by atoms with Crippen molar-refractivity contribution in [2.45, 2.75) is 19.9 Å². The number of guanidine groups is 1. The van der Waals surface area contributed by atoms with Crippen LogP contribution in [0.2, 0.25) is 0 Å². The van der Waals surface area contributed by atoms with Gasteiger partial charge in [0.05, 0.1) is 13.7 Å². The van der Waals surface area contributed by atoms with Crippen molar-refractivity contribution >= 4 is 40.8 Å². The van der Waals surface area contributed by atoms with Gasteiger partial charge in [-0.1, -0.05) is 6.07 Å². The fourth-order valence-corrected chi connectivity index (χ4v) is 2.81. The summed E-state index contributed by atoms with van der Waals surface area (Å²) < 4.78 is 18.5. The molecule has 2 aromatic heterocycles. The van der Waals surface area contributed by atoms with E-state index in [4.69, 9.17) is 4.74 Å². The molecule has 0 radical (unpaired) electrons. The highest BCUT2D eigenvalue weighted by Gasteiger charge is 2.05. The van der Waals surface area contributed by atoms with Crippen LogP contribution in [0.15, 0.2) is 47.7 Å². The monoisotopic (exact) mass is 497 g/mol. The summed E-state index contributed by atoms with van der Waals surface area (Å²) in [6, 6.07) is 8.55. The quantitative estimate of drug-likeness (QED) is 0.265. The largest absolute Gasteiger partial charge is 0.481 e. The van der Waals surface area contributed by atoms with Gasteiger partial charge in [-0.25, -0.2) is 14.4 Å². The Balaban J connectivity index is 0.00000280. The molecule has 0 unspecified atom stereocenters. The third kappa shape index (κ3) is 5.82. The van der Waals surface area contributed by atoms with Gasteiger partial charge >= 0.3 is 0 Å². The Bertz CT molecular complexity index is 911. The summed E-state index contributed by atoms with van der Waals surface area (Å²) in [5.74, 6) is 1.10. The number of nitrogens with zero attached hydrogens (tertiary/aromatic N) is 2. The van der Waals surface area contributed by atoms with E-state index in [9.17, 15) is 4.39 Å². The first kappa shape index (κ1) is 21.9. The number of aromatic amines is 1. The van der Waals surface area contributed by atoms with Gasteiger partial charge in [0, 0.05) is 42.5 Å². The Kier molecular flexibility index (Phi) is 8.49. The normalized spacial score (nSPS) is 11.2. The van der Waals surface area contributed by atoms with Crippen molar-refractivity contribution in [3.05, 3.63) is 59.7 Å². The fraction of sp³-hybridized carbons (Fsp3) is 0.300. The predicted octanol–water partition coefficient (Wildman–Crippen LogP) is 3.63. The molecule has 150 valence electrons. The van der Waals surface area contributed by atoms with Gasteiger partial charge in [0.2, 0.25) is 5.88 Å². The molecule has 2 heterocycles. The second-order valence-electron chi connectivity index (χ2n) is 6.08. The summed E-state index contributed by atoms with van der Waals surface area (Å²) in [7, 11) is 1.59. The minimum absolute atomic E-state index is 0. The molecule has 0 spiro atoms. The molecule has 0 saturated carbocycles. The molecule has 3 aromatic rings. The average Bonchev–Trinajstić information content (AvgIpc) is 3.08. The lowest BCUT2D eigenvalue weighted by molar-refractivity contribution is 0.397. The molecule has 0 aliphatic rings. The van der Waals surface area contributed by atoms with Crippen molar-refractivity contribution in [1.29, 1.82) is 0 Å². The van der Waals surface area contributed by atoms with Crippen LogP contribution < -0.4 is 15.4 Å². The van der Waals surface area contributed by atoms with E-state index in [0.717, 1.165) is 41.0 Å². The van der Waals surface area contributed by atoms with E-state index in [1.54, 1.807) is 25.4 Å². The van der Waals surface area contributed by atoms with Gasteiger partial charge in [0.25, 0.3) is 0 Å². The Hall–Kier alpha value is -2.36. The molecule has 0 fully saturated rings. The first-order valence-electron chi connectivity index (χ1n) is 8.96. The molecule has 28 heavy (non-hydrogen) atoms. The maximum absolute atomic E-state index is 13.5. The van der Waals surface area contributed by atoms with Crippen molar-refractivity contribution in [2.75, 3.05) is 20.2 Å². The van der Waals surface area contributed by atoms with E-state index in [1.807, 2.05) is 25.3 Å². The summed E-state index contributed by atoms with van der Waals surface area (Å²) in [6.07, 6.45) is 4.45. The molecule has 0 saturated heterocycles. The molecule has 3 N–H and O–H groups in total. The van der Waals surface area contributed by atoms with Gasteiger partial charge in [-0.2, -0.15) is 0 Å². The number of aromatic nitrogens is 2. The number of rotatable bonds is 7. The van der Waals surface area contributed by atoms with E-state index in [0.29, 0.717) is 19.0 Å². The zero-order chi connectivity index (χ0) is 19.1. The first-order chi connectivity index (χ1) is 13.2. The summed E-state index contributed by atoms with van der Waals surface area (Å²) in [5.41, 5.74) is 3.02.